The number of hydrogen-bond donors (Lipinski definition) is 0. The zero-order valence-electron chi connectivity index (χ0n) is 11.7. The number of aromatic nitrogens is 2. The molecule has 0 aliphatic heterocycles. The van der Waals surface area contributed by atoms with Crippen LogP contribution in [0.25, 0.3) is 0 Å². The molecule has 0 aliphatic carbocycles. The average Bonchev–Trinajstić information content (AvgIpc) is 2.86. The lowest BCUT2D eigenvalue weighted by Crippen LogP contribution is -1.98. The Morgan fingerprint density at radius 1 is 1.35 bits per heavy atom. The standard InChI is InChI=1S/C15H17N3OS/c1-11-3-5-13(6-4-11)20-10-14-17-15(19-18-14)9-12(2)7-8-16/h3-6,12H,7,9-10H2,1-2H3. The van der Waals surface area contributed by atoms with Gasteiger partial charge in [0, 0.05) is 17.7 Å². The molecule has 0 bridgehead atoms. The maximum Gasteiger partial charge on any atom is 0.226 e. The number of rotatable bonds is 6. The molecule has 1 atom stereocenters. The van der Waals surface area contributed by atoms with Gasteiger partial charge in [-0.15, -0.1) is 11.8 Å². The normalized spacial score (nSPS) is 12.1. The molecule has 0 saturated heterocycles. The molecule has 20 heavy (non-hydrogen) atoms. The maximum absolute atomic E-state index is 8.63. The fourth-order valence-corrected chi connectivity index (χ4v) is 2.48. The van der Waals surface area contributed by atoms with Crippen molar-refractivity contribution in [1.29, 1.82) is 5.26 Å². The van der Waals surface area contributed by atoms with Crippen molar-refractivity contribution < 1.29 is 4.52 Å². The van der Waals surface area contributed by atoms with Gasteiger partial charge in [-0.2, -0.15) is 10.2 Å². The van der Waals surface area contributed by atoms with Crippen molar-refractivity contribution in [2.45, 2.75) is 37.3 Å². The highest BCUT2D eigenvalue weighted by atomic mass is 32.2. The predicted molar refractivity (Wildman–Crippen MR) is 78.1 cm³/mol. The molecule has 4 nitrogen and oxygen atoms in total. The minimum absolute atomic E-state index is 0.248. The first kappa shape index (κ1) is 14.6. The summed E-state index contributed by atoms with van der Waals surface area (Å²) in [5.41, 5.74) is 1.25. The molecule has 2 aromatic rings. The molecule has 2 rings (SSSR count). The maximum atomic E-state index is 8.63. The van der Waals surface area contributed by atoms with Gasteiger partial charge in [0.25, 0.3) is 0 Å². The van der Waals surface area contributed by atoms with Gasteiger partial charge in [-0.05, 0) is 25.0 Å². The third kappa shape index (κ3) is 4.39. The number of hydrogen-bond acceptors (Lipinski definition) is 5. The second kappa shape index (κ2) is 7.11. The highest BCUT2D eigenvalue weighted by Gasteiger charge is 2.11. The molecule has 0 N–H and O–H groups in total. The van der Waals surface area contributed by atoms with E-state index in [-0.39, 0.29) is 5.92 Å². The molecular weight excluding hydrogens is 270 g/mol. The summed E-state index contributed by atoms with van der Waals surface area (Å²) in [4.78, 5) is 5.55. The smallest absolute Gasteiger partial charge is 0.226 e. The van der Waals surface area contributed by atoms with Crippen molar-refractivity contribution in [3.8, 4) is 6.07 Å². The highest BCUT2D eigenvalue weighted by Crippen LogP contribution is 2.22. The van der Waals surface area contributed by atoms with Crippen LogP contribution in [0.4, 0.5) is 0 Å². The van der Waals surface area contributed by atoms with Crippen molar-refractivity contribution in [2.75, 3.05) is 0 Å². The van der Waals surface area contributed by atoms with Crippen molar-refractivity contribution in [3.63, 3.8) is 0 Å². The van der Waals surface area contributed by atoms with Gasteiger partial charge >= 0.3 is 0 Å². The summed E-state index contributed by atoms with van der Waals surface area (Å²) in [7, 11) is 0. The Bertz CT molecular complexity index is 586. The first-order chi connectivity index (χ1) is 9.67. The molecule has 0 amide bonds. The van der Waals surface area contributed by atoms with Crippen LogP contribution in [-0.4, -0.2) is 10.1 Å². The van der Waals surface area contributed by atoms with Gasteiger partial charge in [-0.25, -0.2) is 0 Å². The second-order valence-corrected chi connectivity index (χ2v) is 5.93. The van der Waals surface area contributed by atoms with E-state index in [0.717, 1.165) is 0 Å². The molecular formula is C15H17N3OS. The van der Waals surface area contributed by atoms with Crippen molar-refractivity contribution in [3.05, 3.63) is 41.5 Å². The highest BCUT2D eigenvalue weighted by molar-refractivity contribution is 7.98. The van der Waals surface area contributed by atoms with E-state index in [1.165, 1.54) is 10.5 Å². The van der Waals surface area contributed by atoms with Crippen LogP contribution in [0.2, 0.25) is 0 Å². The van der Waals surface area contributed by atoms with Gasteiger partial charge in [0.2, 0.25) is 5.89 Å². The Balaban J connectivity index is 1.86. The quantitative estimate of drug-likeness (QED) is 0.757. The Kier molecular flexibility index (Phi) is 5.19. The third-order valence-corrected chi connectivity index (χ3v) is 3.87. The zero-order chi connectivity index (χ0) is 14.4. The van der Waals surface area contributed by atoms with E-state index in [1.807, 2.05) is 6.92 Å². The lowest BCUT2D eigenvalue weighted by molar-refractivity contribution is 0.356. The fourth-order valence-electron chi connectivity index (χ4n) is 1.74. The minimum Gasteiger partial charge on any atom is -0.339 e. The lowest BCUT2D eigenvalue weighted by atomic mass is 10.1. The first-order valence-electron chi connectivity index (χ1n) is 6.55. The van der Waals surface area contributed by atoms with Crippen LogP contribution in [0.3, 0.4) is 0 Å². The first-order valence-corrected chi connectivity index (χ1v) is 7.54. The number of aryl methyl sites for hydroxylation is 1. The van der Waals surface area contributed by atoms with Crippen LogP contribution >= 0.6 is 11.8 Å². The van der Waals surface area contributed by atoms with Crippen molar-refractivity contribution in [1.82, 2.24) is 10.1 Å². The summed E-state index contributed by atoms with van der Waals surface area (Å²) in [6, 6.07) is 10.5. The molecule has 1 aromatic heterocycles. The lowest BCUT2D eigenvalue weighted by Gasteiger charge is -2.00. The van der Waals surface area contributed by atoms with E-state index in [0.29, 0.717) is 30.3 Å². The molecule has 1 unspecified atom stereocenters. The van der Waals surface area contributed by atoms with Gasteiger partial charge in [-0.3, -0.25) is 0 Å². The Morgan fingerprint density at radius 2 is 2.10 bits per heavy atom. The summed E-state index contributed by atoms with van der Waals surface area (Å²) >= 11 is 1.69. The monoisotopic (exact) mass is 287 g/mol. The predicted octanol–water partition coefficient (Wildman–Crippen LogP) is 3.76. The Morgan fingerprint density at radius 3 is 2.80 bits per heavy atom. The third-order valence-electron chi connectivity index (χ3n) is 2.86. The molecule has 1 aromatic carbocycles. The van der Waals surface area contributed by atoms with Gasteiger partial charge in [0.1, 0.15) is 0 Å². The van der Waals surface area contributed by atoms with Gasteiger partial charge in [-0.1, -0.05) is 29.8 Å². The number of nitrogens with zero attached hydrogens (tertiary/aromatic N) is 3. The van der Waals surface area contributed by atoms with E-state index in [1.54, 1.807) is 11.8 Å². The number of benzene rings is 1. The van der Waals surface area contributed by atoms with Crippen LogP contribution in [0.1, 0.15) is 30.6 Å². The molecule has 1 heterocycles. The van der Waals surface area contributed by atoms with Crippen LogP contribution in [0.5, 0.6) is 0 Å². The van der Waals surface area contributed by atoms with Gasteiger partial charge in [0.05, 0.1) is 11.8 Å². The summed E-state index contributed by atoms with van der Waals surface area (Å²) in [6.07, 6.45) is 1.17. The van der Waals surface area contributed by atoms with Crippen LogP contribution < -0.4 is 0 Å². The summed E-state index contributed by atoms with van der Waals surface area (Å²) in [5.74, 6) is 2.26. The molecule has 5 heteroatoms. The fraction of sp³-hybridized carbons (Fsp3) is 0.400. The average molecular weight is 287 g/mol. The molecule has 0 fully saturated rings. The zero-order valence-corrected chi connectivity index (χ0v) is 12.5. The molecule has 104 valence electrons. The van der Waals surface area contributed by atoms with Crippen molar-refractivity contribution in [2.24, 2.45) is 5.92 Å². The minimum atomic E-state index is 0.248. The number of thioether (sulfide) groups is 1. The van der Waals surface area contributed by atoms with E-state index in [4.69, 9.17) is 9.78 Å². The summed E-state index contributed by atoms with van der Waals surface area (Å²) in [6.45, 7) is 4.08. The molecule has 0 saturated carbocycles. The van der Waals surface area contributed by atoms with E-state index >= 15 is 0 Å². The van der Waals surface area contributed by atoms with Gasteiger partial charge in [0.15, 0.2) is 5.82 Å². The molecule has 0 spiro atoms. The van der Waals surface area contributed by atoms with Crippen LogP contribution in [0, 0.1) is 24.2 Å². The Labute approximate surface area is 123 Å². The van der Waals surface area contributed by atoms with E-state index in [2.05, 4.69) is 47.4 Å². The SMILES string of the molecule is Cc1ccc(SCc2noc(CC(C)CC#N)n2)cc1. The summed E-state index contributed by atoms with van der Waals surface area (Å²) < 4.78 is 5.21. The van der Waals surface area contributed by atoms with Crippen LogP contribution in [-0.2, 0) is 12.2 Å². The topological polar surface area (TPSA) is 62.7 Å². The van der Waals surface area contributed by atoms with E-state index in [9.17, 15) is 0 Å². The molecule has 0 aliphatic rings. The van der Waals surface area contributed by atoms with Gasteiger partial charge < -0.3 is 4.52 Å². The van der Waals surface area contributed by atoms with E-state index < -0.39 is 0 Å². The largest absolute Gasteiger partial charge is 0.339 e. The Hall–Kier alpha value is -1.80. The van der Waals surface area contributed by atoms with Crippen LogP contribution in [0.15, 0.2) is 33.7 Å². The number of nitriles is 1. The second-order valence-electron chi connectivity index (χ2n) is 4.88. The summed E-state index contributed by atoms with van der Waals surface area (Å²) in [5, 5.41) is 12.6. The van der Waals surface area contributed by atoms with Crippen molar-refractivity contribution >= 4 is 11.8 Å². The molecule has 0 radical (unpaired) electrons.